The Labute approximate surface area is 121 Å². The molecule has 1 aliphatic heterocycles. The van der Waals surface area contributed by atoms with Crippen LogP contribution in [0.4, 0.5) is 9.18 Å². The van der Waals surface area contributed by atoms with E-state index in [9.17, 15) is 9.18 Å². The van der Waals surface area contributed by atoms with Crippen molar-refractivity contribution in [2.24, 2.45) is 5.73 Å². The summed E-state index contributed by atoms with van der Waals surface area (Å²) in [5, 5.41) is 7.31. The number of urea groups is 1. The predicted octanol–water partition coefficient (Wildman–Crippen LogP) is 1.72. The molecular formula is C14H17FN4O2. The van der Waals surface area contributed by atoms with Gasteiger partial charge in [0, 0.05) is 36.6 Å². The molecule has 1 aliphatic carbocycles. The van der Waals surface area contributed by atoms with Gasteiger partial charge >= 0.3 is 6.03 Å². The molecular weight excluding hydrogens is 275 g/mol. The third-order valence-corrected chi connectivity index (χ3v) is 3.99. The maximum atomic E-state index is 13.9. The van der Waals surface area contributed by atoms with Crippen molar-refractivity contribution in [1.29, 1.82) is 0 Å². The van der Waals surface area contributed by atoms with Crippen LogP contribution in [0.5, 0.6) is 0 Å². The lowest BCUT2D eigenvalue weighted by atomic mass is 9.91. The third-order valence-electron chi connectivity index (χ3n) is 3.99. The normalized spacial score (nSPS) is 21.4. The molecule has 0 bridgehead atoms. The first kappa shape index (κ1) is 13.7. The topological polar surface area (TPSA) is 84.2 Å². The van der Waals surface area contributed by atoms with Crippen LogP contribution in [0.25, 0.3) is 0 Å². The Hall–Kier alpha value is -2.31. The number of allylic oxidation sites excluding steroid dienone is 3. The number of carbonyl (C=O) groups is 1. The molecule has 2 heterocycles. The number of fused-ring (bicyclic) bond motifs is 1. The summed E-state index contributed by atoms with van der Waals surface area (Å²) >= 11 is 0. The van der Waals surface area contributed by atoms with Crippen molar-refractivity contribution in [2.45, 2.75) is 25.3 Å². The van der Waals surface area contributed by atoms with Crippen LogP contribution in [-0.2, 0) is 17.7 Å². The first-order chi connectivity index (χ1) is 10.1. The van der Waals surface area contributed by atoms with Crippen LogP contribution >= 0.6 is 0 Å². The second-order valence-electron chi connectivity index (χ2n) is 5.22. The molecule has 0 fully saturated rings. The Bertz CT molecular complexity index is 635. The first-order valence-electron chi connectivity index (χ1n) is 6.81. The number of ether oxygens (including phenoxy) is 1. The highest BCUT2D eigenvalue weighted by atomic mass is 19.1. The van der Waals surface area contributed by atoms with Crippen molar-refractivity contribution < 1.29 is 13.9 Å². The van der Waals surface area contributed by atoms with E-state index in [1.807, 2.05) is 6.08 Å². The number of nitrogens with one attached hydrogen (secondary N) is 1. The van der Waals surface area contributed by atoms with Crippen LogP contribution in [-0.4, -0.2) is 34.8 Å². The second kappa shape index (κ2) is 5.23. The van der Waals surface area contributed by atoms with E-state index in [0.717, 1.165) is 17.0 Å². The van der Waals surface area contributed by atoms with E-state index in [4.69, 9.17) is 10.5 Å². The van der Waals surface area contributed by atoms with Crippen LogP contribution in [0.15, 0.2) is 23.7 Å². The molecule has 1 aromatic heterocycles. The van der Waals surface area contributed by atoms with E-state index in [1.165, 1.54) is 7.11 Å². The van der Waals surface area contributed by atoms with Gasteiger partial charge in [0.15, 0.2) is 0 Å². The fourth-order valence-corrected chi connectivity index (χ4v) is 2.83. The van der Waals surface area contributed by atoms with Crippen molar-refractivity contribution in [3.8, 4) is 0 Å². The Kier molecular flexibility index (Phi) is 3.40. The number of H-pyrrole nitrogens is 1. The molecule has 2 amide bonds. The highest BCUT2D eigenvalue weighted by Crippen LogP contribution is 2.35. The minimum atomic E-state index is -0.445. The van der Waals surface area contributed by atoms with Crippen molar-refractivity contribution in [3.05, 3.63) is 40.7 Å². The third kappa shape index (κ3) is 2.39. The quantitative estimate of drug-likeness (QED) is 0.870. The number of rotatable bonds is 2. The molecule has 3 rings (SSSR count). The molecule has 0 radical (unpaired) electrons. The number of primary amides is 1. The minimum Gasteiger partial charge on any atom is -0.494 e. The Balaban J connectivity index is 1.86. The van der Waals surface area contributed by atoms with Gasteiger partial charge in [-0.1, -0.05) is 6.08 Å². The number of aromatic nitrogens is 2. The van der Waals surface area contributed by atoms with Crippen molar-refractivity contribution in [3.63, 3.8) is 0 Å². The lowest BCUT2D eigenvalue weighted by Crippen LogP contribution is -2.39. The van der Waals surface area contributed by atoms with Crippen LogP contribution in [0.1, 0.15) is 29.3 Å². The van der Waals surface area contributed by atoms with E-state index in [2.05, 4.69) is 10.2 Å². The molecule has 6 nitrogen and oxygen atoms in total. The zero-order chi connectivity index (χ0) is 15.0. The number of amides is 2. The summed E-state index contributed by atoms with van der Waals surface area (Å²) in [6.45, 7) is 0.996. The molecule has 0 saturated carbocycles. The van der Waals surface area contributed by atoms with Gasteiger partial charge in [0.1, 0.15) is 11.6 Å². The Morgan fingerprint density at radius 2 is 2.43 bits per heavy atom. The maximum Gasteiger partial charge on any atom is 0.315 e. The number of hydrogen-bond donors (Lipinski definition) is 2. The smallest absolute Gasteiger partial charge is 0.315 e. The zero-order valence-corrected chi connectivity index (χ0v) is 11.7. The number of halogens is 1. The fraction of sp³-hybridized carbons (Fsp3) is 0.429. The Morgan fingerprint density at radius 1 is 1.62 bits per heavy atom. The summed E-state index contributed by atoms with van der Waals surface area (Å²) < 4.78 is 18.9. The molecule has 21 heavy (non-hydrogen) atoms. The zero-order valence-electron chi connectivity index (χ0n) is 11.7. The predicted molar refractivity (Wildman–Crippen MR) is 73.9 cm³/mol. The van der Waals surface area contributed by atoms with Gasteiger partial charge in [-0.3, -0.25) is 5.10 Å². The first-order valence-corrected chi connectivity index (χ1v) is 6.81. The SMILES string of the molecule is COC1=C(F)CC(c2n[nH]c3c2CN(C(N)=O)CC3)C=C1. The molecule has 3 N–H and O–H groups in total. The van der Waals surface area contributed by atoms with Gasteiger partial charge in [0.25, 0.3) is 0 Å². The highest BCUT2D eigenvalue weighted by Gasteiger charge is 2.29. The van der Waals surface area contributed by atoms with Gasteiger partial charge in [-0.25, -0.2) is 9.18 Å². The molecule has 7 heteroatoms. The number of methoxy groups -OCH3 is 1. The summed E-state index contributed by atoms with van der Waals surface area (Å²) in [5.74, 6) is -0.185. The minimum absolute atomic E-state index is 0.156. The lowest BCUT2D eigenvalue weighted by molar-refractivity contribution is 0.202. The van der Waals surface area contributed by atoms with Crippen molar-refractivity contribution >= 4 is 6.03 Å². The van der Waals surface area contributed by atoms with Crippen LogP contribution in [0.3, 0.4) is 0 Å². The lowest BCUT2D eigenvalue weighted by Gasteiger charge is -2.26. The monoisotopic (exact) mass is 292 g/mol. The number of nitrogens with zero attached hydrogens (tertiary/aromatic N) is 2. The highest BCUT2D eigenvalue weighted by molar-refractivity contribution is 5.72. The molecule has 0 saturated heterocycles. The van der Waals surface area contributed by atoms with Gasteiger partial charge < -0.3 is 15.4 Å². The summed E-state index contributed by atoms with van der Waals surface area (Å²) in [6.07, 6.45) is 4.40. The summed E-state index contributed by atoms with van der Waals surface area (Å²) in [7, 11) is 1.45. The number of nitrogens with two attached hydrogens (primary N) is 1. The standard InChI is InChI=1S/C14H17FN4O2/c1-21-12-3-2-8(6-10(12)15)13-9-7-19(14(16)20)5-4-11(9)17-18-13/h2-3,8H,4-7H2,1H3,(H2,16,20)(H,17,18). The Morgan fingerprint density at radius 3 is 3.10 bits per heavy atom. The van der Waals surface area contributed by atoms with Gasteiger partial charge in [-0.05, 0) is 6.08 Å². The average Bonchev–Trinajstić information content (AvgIpc) is 2.90. The van der Waals surface area contributed by atoms with Gasteiger partial charge in [0.2, 0.25) is 0 Å². The molecule has 0 spiro atoms. The van der Waals surface area contributed by atoms with Crippen molar-refractivity contribution in [2.75, 3.05) is 13.7 Å². The molecule has 0 aromatic carbocycles. The van der Waals surface area contributed by atoms with E-state index >= 15 is 0 Å². The second-order valence-corrected chi connectivity index (χ2v) is 5.22. The van der Waals surface area contributed by atoms with E-state index in [1.54, 1.807) is 11.0 Å². The van der Waals surface area contributed by atoms with Crippen LogP contribution in [0, 0.1) is 0 Å². The molecule has 1 atom stereocenters. The average molecular weight is 292 g/mol. The van der Waals surface area contributed by atoms with Gasteiger partial charge in [0.05, 0.1) is 19.3 Å². The maximum absolute atomic E-state index is 13.9. The largest absolute Gasteiger partial charge is 0.494 e. The summed E-state index contributed by atoms with van der Waals surface area (Å²) in [5.41, 5.74) is 8.06. The molecule has 112 valence electrons. The number of carbonyl (C=O) groups excluding carboxylic acids is 1. The van der Waals surface area contributed by atoms with E-state index < -0.39 is 6.03 Å². The molecule has 1 aromatic rings. The molecule has 1 unspecified atom stereocenters. The fourth-order valence-electron chi connectivity index (χ4n) is 2.83. The summed E-state index contributed by atoms with van der Waals surface area (Å²) in [4.78, 5) is 12.9. The van der Waals surface area contributed by atoms with E-state index in [-0.39, 0.29) is 23.9 Å². The van der Waals surface area contributed by atoms with E-state index in [0.29, 0.717) is 19.5 Å². The summed E-state index contributed by atoms with van der Waals surface area (Å²) in [6, 6.07) is -0.445. The number of aromatic amines is 1. The van der Waals surface area contributed by atoms with Gasteiger partial charge in [-0.15, -0.1) is 0 Å². The van der Waals surface area contributed by atoms with Crippen LogP contribution < -0.4 is 5.73 Å². The van der Waals surface area contributed by atoms with Crippen molar-refractivity contribution in [1.82, 2.24) is 15.1 Å². The number of hydrogen-bond acceptors (Lipinski definition) is 3. The van der Waals surface area contributed by atoms with Crippen LogP contribution in [0.2, 0.25) is 0 Å². The molecule has 2 aliphatic rings. The van der Waals surface area contributed by atoms with Gasteiger partial charge in [-0.2, -0.15) is 5.10 Å².